The first-order valence-corrected chi connectivity index (χ1v) is 10.8. The Morgan fingerprint density at radius 2 is 1.68 bits per heavy atom. The van der Waals surface area contributed by atoms with E-state index < -0.39 is 17.6 Å². The lowest BCUT2D eigenvalue weighted by Gasteiger charge is -2.10. The molecule has 0 aliphatic carbocycles. The van der Waals surface area contributed by atoms with E-state index in [-0.39, 0.29) is 28.6 Å². The maximum absolute atomic E-state index is 14.6. The van der Waals surface area contributed by atoms with Gasteiger partial charge < -0.3 is 15.4 Å². The number of benzene rings is 2. The van der Waals surface area contributed by atoms with Crippen molar-refractivity contribution in [1.29, 1.82) is 0 Å². The van der Waals surface area contributed by atoms with Gasteiger partial charge in [0.1, 0.15) is 23.5 Å². The normalized spacial score (nSPS) is 10.4. The Kier molecular flexibility index (Phi) is 6.88. The number of anilines is 1. The Hall–Kier alpha value is -4.18. The summed E-state index contributed by atoms with van der Waals surface area (Å²) in [5, 5.41) is 5.07. The lowest BCUT2D eigenvalue weighted by molar-refractivity contribution is 0.0957. The molecule has 170 valence electrons. The lowest BCUT2D eigenvalue weighted by atomic mass is 10.1. The second-order valence-electron chi connectivity index (χ2n) is 6.95. The van der Waals surface area contributed by atoms with Crippen LogP contribution in [0.1, 0.15) is 21.0 Å². The number of nitrogens with zero attached hydrogens (tertiary/aromatic N) is 3. The molecule has 2 aromatic carbocycles. The molecule has 0 aliphatic rings. The van der Waals surface area contributed by atoms with Gasteiger partial charge >= 0.3 is 0 Å². The van der Waals surface area contributed by atoms with Crippen LogP contribution in [-0.4, -0.2) is 33.8 Å². The molecule has 10 heteroatoms. The summed E-state index contributed by atoms with van der Waals surface area (Å²) < 4.78 is 21.1. The highest BCUT2D eigenvalue weighted by molar-refractivity contribution is 9.10. The molecule has 2 heterocycles. The summed E-state index contributed by atoms with van der Waals surface area (Å²) in [6.07, 6.45) is 2.68. The molecule has 2 amide bonds. The SMILES string of the molecule is CNC(=O)c1cc(Oc2ccc(NC(=O)c3cc(-c4ccc(Br)cc4)ncn3)cc2F)ccn1. The second-order valence-corrected chi connectivity index (χ2v) is 7.87. The first-order valence-electron chi connectivity index (χ1n) is 9.98. The summed E-state index contributed by atoms with van der Waals surface area (Å²) in [5.74, 6) is -1.44. The Bertz CT molecular complexity index is 1370. The molecule has 0 fully saturated rings. The van der Waals surface area contributed by atoms with Crippen molar-refractivity contribution in [2.24, 2.45) is 0 Å². The van der Waals surface area contributed by atoms with Crippen molar-refractivity contribution in [3.05, 3.63) is 94.9 Å². The first kappa shape index (κ1) is 23.0. The fourth-order valence-electron chi connectivity index (χ4n) is 2.97. The molecule has 0 spiro atoms. The van der Waals surface area contributed by atoms with Gasteiger partial charge in [0.15, 0.2) is 11.6 Å². The molecule has 0 bridgehead atoms. The zero-order chi connectivity index (χ0) is 24.1. The van der Waals surface area contributed by atoms with E-state index in [1.54, 1.807) is 6.07 Å². The van der Waals surface area contributed by atoms with Crippen LogP contribution in [0.5, 0.6) is 11.5 Å². The third-order valence-electron chi connectivity index (χ3n) is 4.65. The number of aromatic nitrogens is 3. The van der Waals surface area contributed by atoms with E-state index in [0.29, 0.717) is 5.69 Å². The third-order valence-corrected chi connectivity index (χ3v) is 5.18. The molecule has 0 saturated carbocycles. The number of rotatable bonds is 6. The molecular weight excluding hydrogens is 505 g/mol. The average Bonchev–Trinajstić information content (AvgIpc) is 2.86. The van der Waals surface area contributed by atoms with Crippen LogP contribution in [0.25, 0.3) is 11.3 Å². The first-order chi connectivity index (χ1) is 16.4. The van der Waals surface area contributed by atoms with Gasteiger partial charge in [0.05, 0.1) is 5.69 Å². The van der Waals surface area contributed by atoms with Crippen molar-refractivity contribution in [3.8, 4) is 22.8 Å². The topological polar surface area (TPSA) is 106 Å². The van der Waals surface area contributed by atoms with E-state index in [2.05, 4.69) is 41.5 Å². The minimum Gasteiger partial charge on any atom is -0.454 e. The van der Waals surface area contributed by atoms with Crippen LogP contribution in [0.4, 0.5) is 10.1 Å². The van der Waals surface area contributed by atoms with Gasteiger partial charge in [0.25, 0.3) is 11.8 Å². The van der Waals surface area contributed by atoms with Crippen molar-refractivity contribution in [1.82, 2.24) is 20.3 Å². The van der Waals surface area contributed by atoms with Crippen LogP contribution in [-0.2, 0) is 0 Å². The van der Waals surface area contributed by atoms with Gasteiger partial charge in [0, 0.05) is 41.1 Å². The van der Waals surface area contributed by atoms with E-state index in [0.717, 1.165) is 16.1 Å². The molecule has 34 heavy (non-hydrogen) atoms. The molecule has 0 saturated heterocycles. The molecule has 4 rings (SSSR count). The van der Waals surface area contributed by atoms with Crippen LogP contribution in [0, 0.1) is 5.82 Å². The smallest absolute Gasteiger partial charge is 0.274 e. The Balaban J connectivity index is 1.48. The van der Waals surface area contributed by atoms with E-state index in [1.807, 2.05) is 24.3 Å². The van der Waals surface area contributed by atoms with Crippen molar-refractivity contribution in [2.45, 2.75) is 0 Å². The lowest BCUT2D eigenvalue weighted by Crippen LogP contribution is -2.18. The fraction of sp³-hybridized carbons (Fsp3) is 0.0417. The van der Waals surface area contributed by atoms with E-state index in [4.69, 9.17) is 4.74 Å². The average molecular weight is 522 g/mol. The number of hydrogen-bond acceptors (Lipinski definition) is 6. The van der Waals surface area contributed by atoms with Crippen LogP contribution in [0.3, 0.4) is 0 Å². The highest BCUT2D eigenvalue weighted by Crippen LogP contribution is 2.27. The number of nitrogens with one attached hydrogen (secondary N) is 2. The summed E-state index contributed by atoms with van der Waals surface area (Å²) in [6, 6.07) is 15.9. The number of halogens is 2. The molecule has 8 nitrogen and oxygen atoms in total. The predicted molar refractivity (Wildman–Crippen MR) is 127 cm³/mol. The van der Waals surface area contributed by atoms with Gasteiger partial charge in [-0.1, -0.05) is 28.1 Å². The maximum atomic E-state index is 14.6. The third kappa shape index (κ3) is 5.41. The number of pyridine rings is 1. The van der Waals surface area contributed by atoms with Crippen LogP contribution in [0.2, 0.25) is 0 Å². The van der Waals surface area contributed by atoms with Gasteiger partial charge in [0.2, 0.25) is 0 Å². The number of carbonyl (C=O) groups is 2. The van der Waals surface area contributed by atoms with Gasteiger partial charge in [-0.15, -0.1) is 0 Å². The van der Waals surface area contributed by atoms with Crippen LogP contribution < -0.4 is 15.4 Å². The molecule has 2 N–H and O–H groups in total. The second kappa shape index (κ2) is 10.2. The van der Waals surface area contributed by atoms with E-state index in [1.165, 1.54) is 43.8 Å². The molecule has 0 atom stereocenters. The predicted octanol–water partition coefficient (Wildman–Crippen LogP) is 4.84. The quantitative estimate of drug-likeness (QED) is 0.375. The summed E-state index contributed by atoms with van der Waals surface area (Å²) >= 11 is 3.38. The van der Waals surface area contributed by atoms with E-state index >= 15 is 0 Å². The van der Waals surface area contributed by atoms with Crippen molar-refractivity contribution in [2.75, 3.05) is 12.4 Å². The van der Waals surface area contributed by atoms with Crippen molar-refractivity contribution >= 4 is 33.4 Å². The Morgan fingerprint density at radius 3 is 2.41 bits per heavy atom. The Labute approximate surface area is 202 Å². The zero-order valence-electron chi connectivity index (χ0n) is 17.8. The number of carbonyl (C=O) groups excluding carboxylic acids is 2. The Morgan fingerprint density at radius 1 is 0.912 bits per heavy atom. The van der Waals surface area contributed by atoms with Gasteiger partial charge in [-0.2, -0.15) is 0 Å². The fourth-order valence-corrected chi connectivity index (χ4v) is 3.23. The standard InChI is InChI=1S/C24H17BrFN5O3/c1-27-23(32)20-11-17(8-9-28-20)34-22-7-6-16(10-18(22)26)31-24(33)21-12-19(29-13-30-21)14-2-4-15(25)5-3-14/h2-13H,1H3,(H,27,32)(H,31,33). The number of ether oxygens (including phenoxy) is 1. The minimum absolute atomic E-state index is 0.0772. The summed E-state index contributed by atoms with van der Waals surface area (Å²) in [7, 11) is 1.48. The minimum atomic E-state index is -0.700. The van der Waals surface area contributed by atoms with Gasteiger partial charge in [-0.3, -0.25) is 14.6 Å². The molecule has 0 aliphatic heterocycles. The summed E-state index contributed by atoms with van der Waals surface area (Å²) in [4.78, 5) is 36.5. The van der Waals surface area contributed by atoms with Crippen molar-refractivity contribution in [3.63, 3.8) is 0 Å². The molecule has 2 aromatic heterocycles. The van der Waals surface area contributed by atoms with Gasteiger partial charge in [-0.25, -0.2) is 14.4 Å². The molecular formula is C24H17BrFN5O3. The molecule has 0 radical (unpaired) electrons. The number of hydrogen-bond donors (Lipinski definition) is 2. The van der Waals surface area contributed by atoms with Crippen LogP contribution >= 0.6 is 15.9 Å². The summed E-state index contributed by atoms with van der Waals surface area (Å²) in [5.41, 5.74) is 1.89. The highest BCUT2D eigenvalue weighted by Gasteiger charge is 2.13. The summed E-state index contributed by atoms with van der Waals surface area (Å²) in [6.45, 7) is 0. The maximum Gasteiger partial charge on any atom is 0.274 e. The largest absolute Gasteiger partial charge is 0.454 e. The van der Waals surface area contributed by atoms with E-state index in [9.17, 15) is 14.0 Å². The van der Waals surface area contributed by atoms with Gasteiger partial charge in [-0.05, 0) is 36.4 Å². The molecule has 0 unspecified atom stereocenters. The highest BCUT2D eigenvalue weighted by atomic mass is 79.9. The zero-order valence-corrected chi connectivity index (χ0v) is 19.3. The van der Waals surface area contributed by atoms with Crippen LogP contribution in [0.15, 0.2) is 77.7 Å². The monoisotopic (exact) mass is 521 g/mol. The number of amides is 2. The molecule has 4 aromatic rings. The van der Waals surface area contributed by atoms with Crippen molar-refractivity contribution < 1.29 is 18.7 Å².